The smallest absolute Gasteiger partial charge is 0.323 e. The van der Waals surface area contributed by atoms with Crippen molar-refractivity contribution in [3.8, 4) is 46.0 Å². The molecule has 0 bridgehead atoms. The third-order valence-electron chi connectivity index (χ3n) is 20.1. The van der Waals surface area contributed by atoms with Crippen molar-refractivity contribution in [2.45, 2.75) is 260 Å². The molecule has 8 N–H and O–H groups in total. The second kappa shape index (κ2) is 43.9. The minimum Gasteiger partial charge on any atom is -0.493 e. The van der Waals surface area contributed by atoms with Crippen molar-refractivity contribution < 1.29 is 136 Å². The van der Waals surface area contributed by atoms with Crippen LogP contribution in [0.5, 0.6) is 46.0 Å². The second-order valence-electron chi connectivity index (χ2n) is 32.7. The Bertz CT molecular complexity index is 6190. The summed E-state index contributed by atoms with van der Waals surface area (Å²) in [5.74, 6) is -20.9. The molecule has 4 saturated heterocycles. The van der Waals surface area contributed by atoms with Crippen LogP contribution in [0.2, 0.25) is 0 Å². The Morgan fingerprint density at radius 1 is 0.342 bits per heavy atom. The first-order chi connectivity index (χ1) is 73.6. The first-order valence-electron chi connectivity index (χ1n) is 62.0. The molecule has 120 heavy (non-hydrogen) atoms. The molecular weight excluding hydrogens is 1520 g/mol. The summed E-state index contributed by atoms with van der Waals surface area (Å²) >= 11 is 0. The highest BCUT2D eigenvalue weighted by atomic mass is 16.6. The summed E-state index contributed by atoms with van der Waals surface area (Å²) in [5.41, 5.74) is 21.0. The number of rotatable bonds is 28. The van der Waals surface area contributed by atoms with Gasteiger partial charge in [-0.15, -0.1) is 0 Å². The van der Waals surface area contributed by atoms with Crippen LogP contribution in [0.25, 0.3) is 0 Å². The highest BCUT2D eigenvalue weighted by molar-refractivity contribution is 5.77. The molecule has 8 aliphatic rings. The van der Waals surface area contributed by atoms with Crippen LogP contribution >= 0.6 is 0 Å². The van der Waals surface area contributed by atoms with Gasteiger partial charge < -0.3 is 79.8 Å². The summed E-state index contributed by atoms with van der Waals surface area (Å²) in [5, 5.41) is 0. The number of carbonyl (C=O) groups is 4. The molecule has 8 aliphatic heterocycles. The van der Waals surface area contributed by atoms with E-state index in [-0.39, 0.29) is 79.6 Å². The first kappa shape index (κ1) is 51.9. The van der Waals surface area contributed by atoms with Crippen molar-refractivity contribution in [1.29, 1.82) is 0 Å². The van der Waals surface area contributed by atoms with Gasteiger partial charge in [-0.2, -0.15) is 0 Å². The first-order valence-corrected chi connectivity index (χ1v) is 40.0. The Labute approximate surface area is 780 Å². The number of aryl methyl sites for hydroxylation is 4. The molecule has 8 heterocycles. The van der Waals surface area contributed by atoms with Crippen LogP contribution in [0.3, 0.4) is 0 Å². The van der Waals surface area contributed by atoms with Gasteiger partial charge in [0, 0.05) is 175 Å². The molecule has 0 aromatic heterocycles. The minimum atomic E-state index is -3.41. The van der Waals surface area contributed by atoms with Gasteiger partial charge in [-0.25, -0.2) is 0 Å². The molecule has 16 atom stereocenters. The van der Waals surface area contributed by atoms with Gasteiger partial charge in [0.1, 0.15) is 48.5 Å². The maximum absolute atomic E-state index is 13.2. The highest BCUT2D eigenvalue weighted by Crippen LogP contribution is 2.50. The molecule has 4 fully saturated rings. The van der Waals surface area contributed by atoms with Crippen molar-refractivity contribution in [1.82, 2.24) is 19.6 Å². The lowest BCUT2D eigenvalue weighted by Gasteiger charge is -2.47. The van der Waals surface area contributed by atoms with Gasteiger partial charge in [-0.3, -0.25) is 38.8 Å². The molecule has 12 rings (SSSR count). The third-order valence-corrected chi connectivity index (χ3v) is 20.1. The Kier molecular flexibility index (Phi) is 19.0. The van der Waals surface area contributed by atoms with Crippen LogP contribution in [-0.2, 0) is 63.6 Å². The van der Waals surface area contributed by atoms with Gasteiger partial charge in [0.25, 0.3) is 0 Å². The van der Waals surface area contributed by atoms with E-state index in [4.69, 9.17) is 121 Å². The lowest BCUT2D eigenvalue weighted by atomic mass is 9.79. The molecular formula is C96H152N8O16. The predicted molar refractivity (Wildman–Crippen MR) is 471 cm³/mol. The van der Waals surface area contributed by atoms with Crippen LogP contribution < -0.4 is 60.8 Å². The third kappa shape index (κ3) is 23.8. The maximum Gasteiger partial charge on any atom is 0.323 e. The number of hydrogen-bond acceptors (Lipinski definition) is 24. The SMILES string of the molecule is [2H]C([2H])([2H])Oc1cc2c(cc1OC)C1N(C([2H])([2H])C2([2H])[2H])C([2H])([2H])C([2H])(CC(C)C)C(OC(=O)[C@@H](N)C(C)C)C1([2H])[2H].[2H]C([2H])([2H])Oc1cc2c(cc1OC)C1N(C([2H])([2H])C2([2H])[2H])C([2H])([2H])C([2H])(CC(C)C)C([2H])(OC(=O)[C@@H](N)C(C)C)C1([2H])[2H].[2H]C1([2H])C2c3cc(OC)c(OC)cc3C([2H])([2H])C([2H])([2H])N2C([2H])([2H])C([2H])(CC(C)C)C1OC(=O)[C@@H](N)C(C)C.[2H]C1([2H])c2cc(OC)c(OC)cc2C2N(C1([2H])[2H])C([2H])([2H])C([2H])(CC(C)C)C([2H])(OC(=O)[C@@H](N)C(C)C)C2([2H])[2H]. The minimum absolute atomic E-state index is 0.0230. The normalized spacial score (nSPS) is 40.9. The molecule has 4 aromatic rings. The van der Waals surface area contributed by atoms with E-state index in [0.29, 0.717) is 14.7 Å². The van der Waals surface area contributed by atoms with Crippen LogP contribution in [0.4, 0.5) is 0 Å². The predicted octanol–water partition coefficient (Wildman–Crippen LogP) is 14.3. The van der Waals surface area contributed by atoms with Gasteiger partial charge in [0.2, 0.25) is 0 Å². The van der Waals surface area contributed by atoms with E-state index in [1.165, 1.54) is 46.6 Å². The molecule has 24 heteroatoms. The van der Waals surface area contributed by atoms with E-state index in [0.717, 1.165) is 44.6 Å². The summed E-state index contributed by atoms with van der Waals surface area (Å²) in [6, 6.07) is -4.49. The number of hydrogen-bond donors (Lipinski definition) is 4. The fourth-order valence-corrected chi connectivity index (χ4v) is 13.3. The van der Waals surface area contributed by atoms with Crippen molar-refractivity contribution in [3.05, 3.63) is 93.0 Å². The molecule has 0 saturated carbocycles. The molecule has 0 radical (unpaired) electrons. The monoisotopic (exact) mass is 1720 g/mol. The second-order valence-corrected chi connectivity index (χ2v) is 32.7. The van der Waals surface area contributed by atoms with Crippen molar-refractivity contribution in [2.75, 3.05) is 109 Å². The summed E-state index contributed by atoms with van der Waals surface area (Å²) in [6.45, 7) is 0.0608. The number of carbonyl (C=O) groups excluding carboxylic acids is 4. The molecule has 24 nitrogen and oxygen atoms in total. The van der Waals surface area contributed by atoms with Crippen molar-refractivity contribution >= 4 is 23.9 Å². The fraction of sp³-hybridized carbons (Fsp3) is 0.708. The average molecular weight is 1720 g/mol. The van der Waals surface area contributed by atoms with Gasteiger partial charge >= 0.3 is 23.9 Å². The molecule has 0 amide bonds. The Balaban J connectivity index is 0.000000241. The maximum atomic E-state index is 13.2. The molecule has 672 valence electrons. The number of piperidine rings is 4. The van der Waals surface area contributed by atoms with Gasteiger partial charge in [0.15, 0.2) is 46.0 Å². The number of esters is 4. The van der Waals surface area contributed by atoms with E-state index in [2.05, 4.69) is 0 Å². The standard InChI is InChI=1S/4C24H38N2O4/c4*1-14(2)9-17-13-26-8-7-16-10-21(28-5)22(29-6)11-18(16)19(26)12-20(17)30-24(27)23(25)15(3)4/h4*10-11,14-15,17,19-20,23H,7-9,12-13,25H2,1-6H3/t4*17?,19?,20?,23-/m0000/s1/i5D3,7D2,8D2,12D2,13D2,17D,20D;7D2,8D2,12D2,13D2,17D,20D;5D3,7D2,8D2,12D2,13D2,17D;7D2,8D2,12D2,13D2,17D. The lowest BCUT2D eigenvalue weighted by Crippen LogP contribution is -2.51. The fourth-order valence-electron chi connectivity index (χ4n) is 13.3. The summed E-state index contributed by atoms with van der Waals surface area (Å²) in [7, 11) is 1.46. The zero-order chi connectivity index (χ0) is 127. The number of nitrogens with two attached hydrogens (primary N) is 4. The van der Waals surface area contributed by atoms with E-state index < -0.39 is 326 Å². The Morgan fingerprint density at radius 2 is 0.558 bits per heavy atom. The number of ether oxygens (including phenoxy) is 12. The van der Waals surface area contributed by atoms with E-state index in [1.54, 1.807) is 111 Å². The number of nitrogens with zero attached hydrogens (tertiary/aromatic N) is 4. The van der Waals surface area contributed by atoms with Crippen LogP contribution in [0, 0.1) is 70.9 Å². The highest BCUT2D eigenvalue weighted by Gasteiger charge is 2.47. The topological polar surface area (TPSA) is 296 Å². The van der Waals surface area contributed by atoms with E-state index in [1.807, 2.05) is 0 Å². The van der Waals surface area contributed by atoms with Gasteiger partial charge in [0.05, 0.1) is 67.7 Å². The Morgan fingerprint density at radius 3 is 0.792 bits per heavy atom. The molecule has 0 spiro atoms. The van der Waals surface area contributed by atoms with E-state index >= 15 is 0 Å². The van der Waals surface area contributed by atoms with Gasteiger partial charge in [-0.1, -0.05) is 111 Å². The number of fused-ring (bicyclic) bond motifs is 12. The zero-order valence-electron chi connectivity index (χ0n) is 116. The van der Waals surface area contributed by atoms with Crippen molar-refractivity contribution in [3.63, 3.8) is 0 Å². The molecule has 4 aromatic carbocycles. The van der Waals surface area contributed by atoms with Crippen LogP contribution in [0.15, 0.2) is 48.5 Å². The van der Waals surface area contributed by atoms with Crippen molar-refractivity contribution in [2.24, 2.45) is 93.9 Å². The van der Waals surface area contributed by atoms with Crippen LogP contribution in [0.1, 0.15) is 291 Å². The largest absolute Gasteiger partial charge is 0.493 e. The molecule has 12 unspecified atom stereocenters. The van der Waals surface area contributed by atoms with Gasteiger partial charge in [-0.05, 0) is 192 Å². The summed E-state index contributed by atoms with van der Waals surface area (Å²) < 4.78 is 453. The average Bonchev–Trinajstić information content (AvgIpc) is 0.643. The lowest BCUT2D eigenvalue weighted by molar-refractivity contribution is -0.161. The van der Waals surface area contributed by atoms with Crippen LogP contribution in [-0.4, -0.2) is 201 Å². The number of benzene rings is 4. The quantitative estimate of drug-likeness (QED) is 0.0303. The summed E-state index contributed by atoms with van der Waals surface area (Å²) in [6.07, 6.45) is -36.9. The van der Waals surface area contributed by atoms with E-state index in [9.17, 15) is 38.4 Å². The zero-order valence-corrected chi connectivity index (χ0v) is 72.5. The molecule has 0 aliphatic carbocycles. The number of methoxy groups -OCH3 is 8. The summed E-state index contributed by atoms with van der Waals surface area (Å²) in [4.78, 5) is 53.9. The Hall–Kier alpha value is -7.16.